The van der Waals surface area contributed by atoms with E-state index in [1.807, 2.05) is 30.3 Å². The van der Waals surface area contributed by atoms with Gasteiger partial charge in [0.1, 0.15) is 5.69 Å². The molecule has 2 N–H and O–H groups in total. The Kier molecular flexibility index (Phi) is 3.78. The Morgan fingerprint density at radius 1 is 1.30 bits per heavy atom. The van der Waals surface area contributed by atoms with Crippen LogP contribution in [0, 0.1) is 0 Å². The van der Waals surface area contributed by atoms with Crippen LogP contribution >= 0.6 is 0 Å². The summed E-state index contributed by atoms with van der Waals surface area (Å²) in [4.78, 5) is 11.8. The molecule has 106 valence electrons. The quantitative estimate of drug-likeness (QED) is 0.910. The monoisotopic (exact) mass is 283 g/mol. The highest BCUT2D eigenvalue weighted by molar-refractivity contribution is 5.92. The van der Waals surface area contributed by atoms with Gasteiger partial charge in [-0.3, -0.25) is 9.89 Å². The molecule has 7 heteroatoms. The van der Waals surface area contributed by atoms with Crippen LogP contribution in [0.4, 0.5) is 13.2 Å². The fourth-order valence-corrected chi connectivity index (χ4v) is 1.68. The van der Waals surface area contributed by atoms with E-state index in [0.29, 0.717) is 6.07 Å². The fraction of sp³-hybridized carbons (Fsp3) is 0.231. The number of carbonyl (C=O) groups excluding carboxylic acids is 1. The summed E-state index contributed by atoms with van der Waals surface area (Å²) in [5.41, 5.74) is -0.484. The molecule has 0 spiro atoms. The van der Waals surface area contributed by atoms with Gasteiger partial charge in [-0.2, -0.15) is 18.3 Å². The molecule has 1 unspecified atom stereocenters. The third-order valence-corrected chi connectivity index (χ3v) is 2.76. The van der Waals surface area contributed by atoms with E-state index in [-0.39, 0.29) is 11.7 Å². The number of halogens is 3. The number of alkyl halides is 3. The number of hydrogen-bond donors (Lipinski definition) is 2. The molecule has 0 fully saturated rings. The number of H-pyrrole nitrogens is 1. The van der Waals surface area contributed by atoms with Gasteiger partial charge in [-0.15, -0.1) is 0 Å². The summed E-state index contributed by atoms with van der Waals surface area (Å²) in [6.45, 7) is 1.74. The predicted molar refractivity (Wildman–Crippen MR) is 65.9 cm³/mol. The Morgan fingerprint density at radius 3 is 2.50 bits per heavy atom. The molecule has 1 aromatic heterocycles. The maximum Gasteiger partial charge on any atom is 0.432 e. The van der Waals surface area contributed by atoms with E-state index < -0.39 is 17.8 Å². The summed E-state index contributed by atoms with van der Waals surface area (Å²) in [6.07, 6.45) is -4.55. The van der Waals surface area contributed by atoms with Gasteiger partial charge in [0.2, 0.25) is 0 Å². The molecule has 0 aliphatic rings. The van der Waals surface area contributed by atoms with Crippen molar-refractivity contribution in [3.8, 4) is 0 Å². The van der Waals surface area contributed by atoms with Crippen molar-refractivity contribution in [1.29, 1.82) is 0 Å². The Balaban J connectivity index is 2.07. The lowest BCUT2D eigenvalue weighted by Gasteiger charge is -2.12. The lowest BCUT2D eigenvalue weighted by molar-refractivity contribution is -0.141. The summed E-state index contributed by atoms with van der Waals surface area (Å²) in [5.74, 6) is -0.659. The van der Waals surface area contributed by atoms with Crippen molar-refractivity contribution < 1.29 is 18.0 Å². The summed E-state index contributed by atoms with van der Waals surface area (Å²) in [5, 5.41) is 7.76. The minimum absolute atomic E-state index is 0.292. The van der Waals surface area contributed by atoms with Gasteiger partial charge in [-0.05, 0) is 12.5 Å². The van der Waals surface area contributed by atoms with Gasteiger partial charge in [0.15, 0.2) is 5.69 Å². The number of carbonyl (C=O) groups is 1. The van der Waals surface area contributed by atoms with Crippen LogP contribution in [0.1, 0.15) is 34.7 Å². The van der Waals surface area contributed by atoms with Crippen LogP contribution in [0.15, 0.2) is 36.4 Å². The summed E-state index contributed by atoms with van der Waals surface area (Å²) in [6, 6.07) is 9.46. The van der Waals surface area contributed by atoms with E-state index >= 15 is 0 Å². The molecule has 1 heterocycles. The molecular formula is C13H12F3N3O. The van der Waals surface area contributed by atoms with E-state index in [2.05, 4.69) is 10.4 Å². The second kappa shape index (κ2) is 5.36. The van der Waals surface area contributed by atoms with Crippen LogP contribution < -0.4 is 5.32 Å². The Hall–Kier alpha value is -2.31. The largest absolute Gasteiger partial charge is 0.432 e. The number of nitrogens with zero attached hydrogens (tertiary/aromatic N) is 1. The lowest BCUT2D eigenvalue weighted by Crippen LogP contribution is -2.26. The van der Waals surface area contributed by atoms with Gasteiger partial charge in [-0.25, -0.2) is 0 Å². The third-order valence-electron chi connectivity index (χ3n) is 2.76. The number of amides is 1. The van der Waals surface area contributed by atoms with Crippen LogP contribution in [0.2, 0.25) is 0 Å². The van der Waals surface area contributed by atoms with Crippen LogP contribution in [-0.4, -0.2) is 16.1 Å². The number of hydrogen-bond acceptors (Lipinski definition) is 2. The minimum atomic E-state index is -4.55. The fourth-order valence-electron chi connectivity index (χ4n) is 1.68. The second-order valence-electron chi connectivity index (χ2n) is 4.27. The molecular weight excluding hydrogens is 271 g/mol. The highest BCUT2D eigenvalue weighted by atomic mass is 19.4. The molecule has 1 aromatic carbocycles. The minimum Gasteiger partial charge on any atom is -0.344 e. The van der Waals surface area contributed by atoms with Gasteiger partial charge in [0, 0.05) is 6.07 Å². The molecule has 0 saturated carbocycles. The average molecular weight is 283 g/mol. The van der Waals surface area contributed by atoms with Crippen molar-refractivity contribution in [2.75, 3.05) is 0 Å². The zero-order chi connectivity index (χ0) is 14.8. The summed E-state index contributed by atoms with van der Waals surface area (Å²) < 4.78 is 37.2. The van der Waals surface area contributed by atoms with Gasteiger partial charge in [0.05, 0.1) is 6.04 Å². The van der Waals surface area contributed by atoms with Crippen molar-refractivity contribution >= 4 is 5.91 Å². The van der Waals surface area contributed by atoms with Gasteiger partial charge in [0.25, 0.3) is 5.91 Å². The average Bonchev–Trinajstić information content (AvgIpc) is 2.89. The SMILES string of the molecule is CC(NC(=O)c1cc(C(F)(F)F)[nH]n1)c1ccccc1. The lowest BCUT2D eigenvalue weighted by atomic mass is 10.1. The normalized spacial score (nSPS) is 13.0. The zero-order valence-electron chi connectivity index (χ0n) is 10.5. The predicted octanol–water partition coefficient (Wildman–Crippen LogP) is 2.92. The smallest absolute Gasteiger partial charge is 0.344 e. The van der Waals surface area contributed by atoms with Crippen molar-refractivity contribution in [3.05, 3.63) is 53.3 Å². The first kappa shape index (κ1) is 14.1. The Labute approximate surface area is 113 Å². The van der Waals surface area contributed by atoms with Crippen molar-refractivity contribution in [3.63, 3.8) is 0 Å². The van der Waals surface area contributed by atoms with Crippen LogP contribution in [-0.2, 0) is 6.18 Å². The molecule has 0 bridgehead atoms. The first-order valence-corrected chi connectivity index (χ1v) is 5.86. The highest BCUT2D eigenvalue weighted by Gasteiger charge is 2.33. The van der Waals surface area contributed by atoms with E-state index in [9.17, 15) is 18.0 Å². The number of aromatic amines is 1. The van der Waals surface area contributed by atoms with Gasteiger partial charge >= 0.3 is 6.18 Å². The van der Waals surface area contributed by atoms with E-state index in [1.165, 1.54) is 0 Å². The molecule has 2 rings (SSSR count). The molecule has 2 aromatic rings. The van der Waals surface area contributed by atoms with E-state index in [4.69, 9.17) is 0 Å². The number of benzene rings is 1. The molecule has 0 saturated heterocycles. The number of aromatic nitrogens is 2. The molecule has 0 aliphatic heterocycles. The molecule has 0 radical (unpaired) electrons. The van der Waals surface area contributed by atoms with E-state index in [1.54, 1.807) is 12.0 Å². The van der Waals surface area contributed by atoms with Gasteiger partial charge in [-0.1, -0.05) is 30.3 Å². The van der Waals surface area contributed by atoms with Crippen LogP contribution in [0.3, 0.4) is 0 Å². The highest BCUT2D eigenvalue weighted by Crippen LogP contribution is 2.27. The summed E-state index contributed by atoms with van der Waals surface area (Å²) >= 11 is 0. The Morgan fingerprint density at radius 2 is 1.95 bits per heavy atom. The third kappa shape index (κ3) is 3.17. The van der Waals surface area contributed by atoms with Gasteiger partial charge < -0.3 is 5.32 Å². The molecule has 1 amide bonds. The maximum absolute atomic E-state index is 12.4. The molecule has 4 nitrogen and oxygen atoms in total. The first-order chi connectivity index (χ1) is 9.38. The van der Waals surface area contributed by atoms with Crippen LogP contribution in [0.5, 0.6) is 0 Å². The number of rotatable bonds is 3. The molecule has 1 atom stereocenters. The zero-order valence-corrected chi connectivity index (χ0v) is 10.5. The van der Waals surface area contributed by atoms with Crippen molar-refractivity contribution in [1.82, 2.24) is 15.5 Å². The second-order valence-corrected chi connectivity index (χ2v) is 4.27. The maximum atomic E-state index is 12.4. The Bertz CT molecular complexity index is 592. The first-order valence-electron chi connectivity index (χ1n) is 5.86. The standard InChI is InChI=1S/C13H12F3N3O/c1-8(9-5-3-2-4-6-9)17-12(20)10-7-11(19-18-10)13(14,15)16/h2-8H,1H3,(H,17,20)(H,18,19). The molecule has 20 heavy (non-hydrogen) atoms. The number of nitrogens with one attached hydrogen (secondary N) is 2. The van der Waals surface area contributed by atoms with Crippen molar-refractivity contribution in [2.24, 2.45) is 0 Å². The molecule has 0 aliphatic carbocycles. The van der Waals surface area contributed by atoms with Crippen molar-refractivity contribution in [2.45, 2.75) is 19.1 Å². The van der Waals surface area contributed by atoms with Crippen LogP contribution in [0.25, 0.3) is 0 Å². The van der Waals surface area contributed by atoms with E-state index in [0.717, 1.165) is 5.56 Å². The summed E-state index contributed by atoms with van der Waals surface area (Å²) in [7, 11) is 0. The topological polar surface area (TPSA) is 57.8 Å².